The summed E-state index contributed by atoms with van der Waals surface area (Å²) in [5, 5.41) is 2.70. The molecule has 4 nitrogen and oxygen atoms in total. The lowest BCUT2D eigenvalue weighted by atomic mass is 9.98. The van der Waals surface area contributed by atoms with Crippen molar-refractivity contribution in [3.05, 3.63) is 59.7 Å². The van der Waals surface area contributed by atoms with Gasteiger partial charge in [-0.3, -0.25) is 5.32 Å². The summed E-state index contributed by atoms with van der Waals surface area (Å²) in [7, 11) is 1.62. The van der Waals surface area contributed by atoms with Gasteiger partial charge in [-0.1, -0.05) is 30.3 Å². The molecule has 0 radical (unpaired) electrons. The number of carbonyl (C=O) groups is 1. The predicted octanol–water partition coefficient (Wildman–Crippen LogP) is 3.35. The zero-order chi connectivity index (χ0) is 13.2. The molecule has 0 spiro atoms. The van der Waals surface area contributed by atoms with E-state index >= 15 is 0 Å². The fourth-order valence-corrected chi connectivity index (χ4v) is 2.18. The van der Waals surface area contributed by atoms with E-state index in [9.17, 15) is 4.79 Å². The first-order chi connectivity index (χ1) is 9.28. The van der Waals surface area contributed by atoms with Crippen LogP contribution in [0.4, 0.5) is 10.5 Å². The molecule has 0 saturated heterocycles. The van der Waals surface area contributed by atoms with Crippen LogP contribution < -0.4 is 10.1 Å². The van der Waals surface area contributed by atoms with E-state index in [0.29, 0.717) is 0 Å². The van der Waals surface area contributed by atoms with Gasteiger partial charge in [-0.25, -0.2) is 4.79 Å². The van der Waals surface area contributed by atoms with Crippen molar-refractivity contribution in [1.82, 2.24) is 0 Å². The van der Waals surface area contributed by atoms with Crippen molar-refractivity contribution in [2.24, 2.45) is 0 Å². The van der Waals surface area contributed by atoms with Crippen molar-refractivity contribution in [2.45, 2.75) is 6.10 Å². The number of nitrogens with one attached hydrogen (secondary N) is 1. The Morgan fingerprint density at radius 1 is 1.11 bits per heavy atom. The van der Waals surface area contributed by atoms with E-state index in [1.54, 1.807) is 7.11 Å². The van der Waals surface area contributed by atoms with Gasteiger partial charge in [0.15, 0.2) is 6.10 Å². The Kier molecular flexibility index (Phi) is 2.83. The van der Waals surface area contributed by atoms with Crippen LogP contribution in [0.25, 0.3) is 0 Å². The molecule has 1 aliphatic rings. The van der Waals surface area contributed by atoms with Gasteiger partial charge in [0.2, 0.25) is 0 Å². The number of carbonyl (C=O) groups excluding carboxylic acids is 1. The van der Waals surface area contributed by atoms with E-state index in [2.05, 4.69) is 5.32 Å². The average Bonchev–Trinajstić information content (AvgIpc) is 2.46. The molecule has 1 amide bonds. The molecule has 0 bridgehead atoms. The topological polar surface area (TPSA) is 47.6 Å². The number of fused-ring (bicyclic) bond motifs is 1. The molecule has 19 heavy (non-hydrogen) atoms. The highest BCUT2D eigenvalue weighted by molar-refractivity contribution is 5.88. The minimum atomic E-state index is -0.431. The van der Waals surface area contributed by atoms with E-state index in [1.165, 1.54) is 0 Å². The van der Waals surface area contributed by atoms with E-state index < -0.39 is 6.09 Å². The summed E-state index contributed by atoms with van der Waals surface area (Å²) in [4.78, 5) is 11.6. The van der Waals surface area contributed by atoms with E-state index in [0.717, 1.165) is 22.6 Å². The molecular formula is C15H13NO3. The second kappa shape index (κ2) is 4.65. The average molecular weight is 255 g/mol. The summed E-state index contributed by atoms with van der Waals surface area (Å²) in [6.45, 7) is 0. The van der Waals surface area contributed by atoms with Crippen LogP contribution in [-0.2, 0) is 4.74 Å². The van der Waals surface area contributed by atoms with Crippen LogP contribution in [-0.4, -0.2) is 13.2 Å². The zero-order valence-corrected chi connectivity index (χ0v) is 10.4. The Morgan fingerprint density at radius 2 is 1.84 bits per heavy atom. The van der Waals surface area contributed by atoms with Crippen LogP contribution in [0.5, 0.6) is 5.75 Å². The molecular weight excluding hydrogens is 242 g/mol. The van der Waals surface area contributed by atoms with Crippen molar-refractivity contribution in [3.8, 4) is 5.75 Å². The molecule has 0 saturated carbocycles. The smallest absolute Gasteiger partial charge is 0.412 e. The van der Waals surface area contributed by atoms with Crippen molar-refractivity contribution in [2.75, 3.05) is 12.4 Å². The maximum atomic E-state index is 11.6. The first-order valence-corrected chi connectivity index (χ1v) is 5.98. The molecule has 1 aliphatic heterocycles. The molecule has 3 rings (SSSR count). The summed E-state index contributed by atoms with van der Waals surface area (Å²) in [5.41, 5.74) is 2.66. The van der Waals surface area contributed by atoms with E-state index in [4.69, 9.17) is 9.47 Å². The van der Waals surface area contributed by atoms with Gasteiger partial charge in [-0.15, -0.1) is 0 Å². The standard InChI is InChI=1S/C15H13NO3/c1-18-11-8-6-10(7-9-11)14-12-4-2-3-5-13(12)16-15(17)19-14/h2-9,14H,1H3,(H,16,17). The number of anilines is 1. The van der Waals surface area contributed by atoms with Gasteiger partial charge in [0.25, 0.3) is 0 Å². The van der Waals surface area contributed by atoms with Crippen molar-refractivity contribution < 1.29 is 14.3 Å². The van der Waals surface area contributed by atoms with E-state index in [-0.39, 0.29) is 6.10 Å². The van der Waals surface area contributed by atoms with Gasteiger partial charge >= 0.3 is 6.09 Å². The molecule has 2 aromatic carbocycles. The first-order valence-electron chi connectivity index (χ1n) is 5.98. The number of amides is 1. The Balaban J connectivity index is 2.02. The van der Waals surface area contributed by atoms with Crippen LogP contribution in [0.1, 0.15) is 17.2 Å². The monoisotopic (exact) mass is 255 g/mol. The Hall–Kier alpha value is -2.49. The molecule has 4 heteroatoms. The Labute approximate surface area is 111 Å². The lowest BCUT2D eigenvalue weighted by Crippen LogP contribution is -2.25. The van der Waals surface area contributed by atoms with Crippen LogP contribution >= 0.6 is 0 Å². The molecule has 96 valence electrons. The maximum Gasteiger partial charge on any atom is 0.412 e. The molecule has 2 aromatic rings. The lowest BCUT2D eigenvalue weighted by molar-refractivity contribution is 0.126. The third-order valence-corrected chi connectivity index (χ3v) is 3.12. The van der Waals surface area contributed by atoms with Gasteiger partial charge in [0, 0.05) is 5.56 Å². The highest BCUT2D eigenvalue weighted by Crippen LogP contribution is 2.35. The Bertz CT molecular complexity index is 607. The molecule has 1 unspecified atom stereocenters. The van der Waals surface area contributed by atoms with Crippen LogP contribution in [0.15, 0.2) is 48.5 Å². The van der Waals surface area contributed by atoms with Gasteiger partial charge in [0.1, 0.15) is 5.75 Å². The van der Waals surface area contributed by atoms with Gasteiger partial charge in [0.05, 0.1) is 12.8 Å². The summed E-state index contributed by atoms with van der Waals surface area (Å²) < 4.78 is 10.5. The number of para-hydroxylation sites is 1. The second-order valence-electron chi connectivity index (χ2n) is 4.27. The molecule has 1 N–H and O–H groups in total. The number of methoxy groups -OCH3 is 1. The second-order valence-corrected chi connectivity index (χ2v) is 4.27. The molecule has 1 heterocycles. The van der Waals surface area contributed by atoms with Crippen LogP contribution in [0.3, 0.4) is 0 Å². The number of ether oxygens (including phenoxy) is 2. The van der Waals surface area contributed by atoms with Gasteiger partial charge in [-0.05, 0) is 23.8 Å². The van der Waals surface area contributed by atoms with Crippen LogP contribution in [0, 0.1) is 0 Å². The number of hydrogen-bond acceptors (Lipinski definition) is 3. The number of rotatable bonds is 2. The van der Waals surface area contributed by atoms with Crippen molar-refractivity contribution in [1.29, 1.82) is 0 Å². The lowest BCUT2D eigenvalue weighted by Gasteiger charge is -2.26. The highest BCUT2D eigenvalue weighted by Gasteiger charge is 2.27. The minimum absolute atomic E-state index is 0.379. The molecule has 0 fully saturated rings. The largest absolute Gasteiger partial charge is 0.497 e. The third-order valence-electron chi connectivity index (χ3n) is 3.12. The minimum Gasteiger partial charge on any atom is -0.497 e. The fraction of sp³-hybridized carbons (Fsp3) is 0.133. The highest BCUT2D eigenvalue weighted by atomic mass is 16.6. The molecule has 1 atom stereocenters. The summed E-state index contributed by atoms with van der Waals surface area (Å²) >= 11 is 0. The van der Waals surface area contributed by atoms with E-state index in [1.807, 2.05) is 48.5 Å². The number of benzene rings is 2. The van der Waals surface area contributed by atoms with Crippen molar-refractivity contribution in [3.63, 3.8) is 0 Å². The molecule has 0 aromatic heterocycles. The number of cyclic esters (lactones) is 1. The maximum absolute atomic E-state index is 11.6. The summed E-state index contributed by atoms with van der Waals surface area (Å²) in [6, 6.07) is 15.1. The predicted molar refractivity (Wildman–Crippen MR) is 71.4 cm³/mol. The Morgan fingerprint density at radius 3 is 2.58 bits per heavy atom. The van der Waals surface area contributed by atoms with Gasteiger partial charge in [-0.2, -0.15) is 0 Å². The zero-order valence-electron chi connectivity index (χ0n) is 10.4. The molecule has 0 aliphatic carbocycles. The third kappa shape index (κ3) is 2.12. The quantitative estimate of drug-likeness (QED) is 0.895. The normalized spacial score (nSPS) is 17.1. The summed E-state index contributed by atoms with van der Waals surface area (Å²) in [6.07, 6.45) is -0.810. The fourth-order valence-electron chi connectivity index (χ4n) is 2.18. The summed E-state index contributed by atoms with van der Waals surface area (Å²) in [5.74, 6) is 0.775. The SMILES string of the molecule is COc1ccc(C2OC(=O)Nc3ccccc32)cc1. The first kappa shape index (κ1) is 11.6. The van der Waals surface area contributed by atoms with Gasteiger partial charge < -0.3 is 9.47 Å². The number of hydrogen-bond donors (Lipinski definition) is 1. The van der Waals surface area contributed by atoms with Crippen LogP contribution in [0.2, 0.25) is 0 Å². The van der Waals surface area contributed by atoms with Crippen molar-refractivity contribution >= 4 is 11.8 Å².